The van der Waals surface area contributed by atoms with E-state index < -0.39 is 0 Å². The van der Waals surface area contributed by atoms with Gasteiger partial charge in [0.1, 0.15) is 18.2 Å². The van der Waals surface area contributed by atoms with Crippen LogP contribution in [-0.2, 0) is 11.3 Å². The summed E-state index contributed by atoms with van der Waals surface area (Å²) in [6.45, 7) is 0.522. The lowest BCUT2D eigenvalue weighted by atomic mass is 10.1. The average molecular weight is 226 g/mol. The lowest BCUT2D eigenvalue weighted by Crippen LogP contribution is -1.83. The molecule has 0 aliphatic carbocycles. The van der Waals surface area contributed by atoms with Crippen LogP contribution in [0, 0.1) is 5.82 Å². The minimum absolute atomic E-state index is 0.229. The first-order valence-electron chi connectivity index (χ1n) is 5.51. The summed E-state index contributed by atoms with van der Waals surface area (Å²) in [4.78, 5) is 0. The molecule has 0 spiro atoms. The maximum atomic E-state index is 13.2. The first-order chi connectivity index (χ1) is 8.33. The van der Waals surface area contributed by atoms with Gasteiger partial charge in [0.25, 0.3) is 0 Å². The third-order valence-electron chi connectivity index (χ3n) is 2.82. The zero-order chi connectivity index (χ0) is 11.7. The van der Waals surface area contributed by atoms with Crippen LogP contribution in [0.25, 0.3) is 11.8 Å². The molecule has 3 rings (SSSR count). The Morgan fingerprint density at radius 2 is 1.88 bits per heavy atom. The highest BCUT2D eigenvalue weighted by molar-refractivity contribution is 5.80. The fourth-order valence-corrected chi connectivity index (χ4v) is 1.96. The monoisotopic (exact) mass is 226 g/mol. The first-order valence-corrected chi connectivity index (χ1v) is 5.51. The fourth-order valence-electron chi connectivity index (χ4n) is 1.96. The van der Waals surface area contributed by atoms with E-state index in [0.29, 0.717) is 6.61 Å². The third kappa shape index (κ3) is 1.94. The molecule has 1 aliphatic rings. The van der Waals surface area contributed by atoms with Gasteiger partial charge in [0.2, 0.25) is 0 Å². The zero-order valence-electron chi connectivity index (χ0n) is 9.19. The second-order valence-electron chi connectivity index (χ2n) is 4.01. The summed E-state index contributed by atoms with van der Waals surface area (Å²) in [5.41, 5.74) is 2.95. The van der Waals surface area contributed by atoms with Crippen LogP contribution in [0.5, 0.6) is 0 Å². The Hall–Kier alpha value is -2.09. The predicted molar refractivity (Wildman–Crippen MR) is 65.5 cm³/mol. The molecule has 1 nitrogen and oxygen atoms in total. The topological polar surface area (TPSA) is 9.23 Å². The second kappa shape index (κ2) is 4.06. The van der Waals surface area contributed by atoms with Gasteiger partial charge in [-0.2, -0.15) is 0 Å². The number of fused-ring (bicyclic) bond motifs is 1. The van der Waals surface area contributed by atoms with Gasteiger partial charge in [0, 0.05) is 11.1 Å². The van der Waals surface area contributed by atoms with Crippen LogP contribution in [0.4, 0.5) is 4.39 Å². The summed E-state index contributed by atoms with van der Waals surface area (Å²) in [6, 6.07) is 14.6. The van der Waals surface area contributed by atoms with E-state index in [9.17, 15) is 4.39 Å². The molecule has 0 saturated carbocycles. The molecule has 0 saturated heterocycles. The van der Waals surface area contributed by atoms with Crippen LogP contribution in [-0.4, -0.2) is 0 Å². The SMILES string of the molecule is Fc1ccc2c(c1)/C(=C/c1ccccc1)OC2. The quantitative estimate of drug-likeness (QED) is 0.717. The van der Waals surface area contributed by atoms with Crippen molar-refractivity contribution in [3.8, 4) is 0 Å². The summed E-state index contributed by atoms with van der Waals surface area (Å²) in [6.07, 6.45) is 1.94. The molecular weight excluding hydrogens is 215 g/mol. The van der Waals surface area contributed by atoms with Gasteiger partial charge in [-0.3, -0.25) is 0 Å². The van der Waals surface area contributed by atoms with Crippen LogP contribution < -0.4 is 0 Å². The second-order valence-corrected chi connectivity index (χ2v) is 4.01. The van der Waals surface area contributed by atoms with E-state index in [1.807, 2.05) is 36.4 Å². The largest absolute Gasteiger partial charge is 0.488 e. The van der Waals surface area contributed by atoms with Crippen LogP contribution in [0.15, 0.2) is 48.5 Å². The molecule has 0 N–H and O–H groups in total. The summed E-state index contributed by atoms with van der Waals surface area (Å²) in [5, 5.41) is 0. The molecule has 0 atom stereocenters. The molecule has 1 heterocycles. The molecule has 0 bridgehead atoms. The first kappa shape index (κ1) is 10.1. The minimum Gasteiger partial charge on any atom is -0.488 e. The Bertz CT molecular complexity index is 573. The van der Waals surface area contributed by atoms with Crippen molar-refractivity contribution in [3.05, 3.63) is 71.0 Å². The average Bonchev–Trinajstić information content (AvgIpc) is 2.73. The Balaban J connectivity index is 2.04. The third-order valence-corrected chi connectivity index (χ3v) is 2.82. The van der Waals surface area contributed by atoms with Gasteiger partial charge in [-0.05, 0) is 23.8 Å². The van der Waals surface area contributed by atoms with E-state index >= 15 is 0 Å². The normalized spacial score (nSPS) is 15.7. The van der Waals surface area contributed by atoms with Gasteiger partial charge in [-0.25, -0.2) is 4.39 Å². The van der Waals surface area contributed by atoms with E-state index in [1.165, 1.54) is 12.1 Å². The summed E-state index contributed by atoms with van der Waals surface area (Å²) in [5.74, 6) is 0.513. The van der Waals surface area contributed by atoms with Crippen molar-refractivity contribution in [1.29, 1.82) is 0 Å². The van der Waals surface area contributed by atoms with Crippen molar-refractivity contribution in [2.24, 2.45) is 0 Å². The van der Waals surface area contributed by atoms with Crippen LogP contribution >= 0.6 is 0 Å². The zero-order valence-corrected chi connectivity index (χ0v) is 9.19. The van der Waals surface area contributed by atoms with Crippen molar-refractivity contribution in [1.82, 2.24) is 0 Å². The molecule has 0 amide bonds. The standard InChI is InChI=1S/C15H11FO/c16-13-7-6-12-10-17-15(14(12)9-13)8-11-4-2-1-3-5-11/h1-9H,10H2/b15-8-. The molecule has 17 heavy (non-hydrogen) atoms. The molecular formula is C15H11FO. The van der Waals surface area contributed by atoms with Gasteiger partial charge >= 0.3 is 0 Å². The molecule has 0 fully saturated rings. The number of hydrogen-bond donors (Lipinski definition) is 0. The van der Waals surface area contributed by atoms with Crippen molar-refractivity contribution in [2.45, 2.75) is 6.61 Å². The van der Waals surface area contributed by atoms with Crippen LogP contribution in [0.1, 0.15) is 16.7 Å². The van der Waals surface area contributed by atoms with E-state index in [-0.39, 0.29) is 5.82 Å². The number of ether oxygens (including phenoxy) is 1. The van der Waals surface area contributed by atoms with Crippen molar-refractivity contribution < 1.29 is 9.13 Å². The van der Waals surface area contributed by atoms with Crippen molar-refractivity contribution in [3.63, 3.8) is 0 Å². The molecule has 2 aromatic carbocycles. The number of halogens is 1. The van der Waals surface area contributed by atoms with Crippen LogP contribution in [0.3, 0.4) is 0 Å². The predicted octanol–water partition coefficient (Wildman–Crippen LogP) is 3.85. The smallest absolute Gasteiger partial charge is 0.128 e. The van der Waals surface area contributed by atoms with Crippen LogP contribution in [0.2, 0.25) is 0 Å². The van der Waals surface area contributed by atoms with Gasteiger partial charge in [0.15, 0.2) is 0 Å². The van der Waals surface area contributed by atoms with Crippen molar-refractivity contribution in [2.75, 3.05) is 0 Å². The van der Waals surface area contributed by atoms with E-state index in [1.54, 1.807) is 6.07 Å². The highest BCUT2D eigenvalue weighted by Gasteiger charge is 2.17. The number of rotatable bonds is 1. The maximum absolute atomic E-state index is 13.2. The lowest BCUT2D eigenvalue weighted by Gasteiger charge is -2.00. The molecule has 1 aliphatic heterocycles. The van der Waals surface area contributed by atoms with E-state index in [2.05, 4.69) is 0 Å². The minimum atomic E-state index is -0.229. The fraction of sp³-hybridized carbons (Fsp3) is 0.0667. The Morgan fingerprint density at radius 3 is 2.71 bits per heavy atom. The lowest BCUT2D eigenvalue weighted by molar-refractivity contribution is 0.287. The molecule has 0 unspecified atom stereocenters. The molecule has 0 radical (unpaired) electrons. The van der Waals surface area contributed by atoms with Gasteiger partial charge < -0.3 is 4.74 Å². The number of benzene rings is 2. The summed E-state index contributed by atoms with van der Waals surface area (Å²) in [7, 11) is 0. The Labute approximate surface area is 99.2 Å². The molecule has 84 valence electrons. The summed E-state index contributed by atoms with van der Waals surface area (Å²) < 4.78 is 18.8. The Morgan fingerprint density at radius 1 is 1.06 bits per heavy atom. The van der Waals surface area contributed by atoms with Gasteiger partial charge in [-0.1, -0.05) is 36.4 Å². The highest BCUT2D eigenvalue weighted by Crippen LogP contribution is 2.31. The van der Waals surface area contributed by atoms with E-state index in [4.69, 9.17) is 4.74 Å². The molecule has 2 aromatic rings. The van der Waals surface area contributed by atoms with E-state index in [0.717, 1.165) is 22.4 Å². The van der Waals surface area contributed by atoms with Gasteiger partial charge in [-0.15, -0.1) is 0 Å². The van der Waals surface area contributed by atoms with Crippen molar-refractivity contribution >= 4 is 11.8 Å². The highest BCUT2D eigenvalue weighted by atomic mass is 19.1. The maximum Gasteiger partial charge on any atom is 0.128 e. The summed E-state index contributed by atoms with van der Waals surface area (Å²) >= 11 is 0. The Kier molecular flexibility index (Phi) is 2.41. The number of hydrogen-bond acceptors (Lipinski definition) is 1. The van der Waals surface area contributed by atoms with Gasteiger partial charge in [0.05, 0.1) is 0 Å². The molecule has 0 aromatic heterocycles. The molecule has 2 heteroatoms.